The molecule has 0 aromatic carbocycles. The minimum Gasteiger partial charge on any atom is -0.371 e. The number of hydrogen-bond donors (Lipinski definition) is 1. The Labute approximate surface area is 89.3 Å². The number of nitrogens with one attached hydrogen (secondary N) is 1. The number of rotatable bonds is 6. The molecular weight excluding hydrogens is 194 g/mol. The van der Waals surface area contributed by atoms with Crippen molar-refractivity contribution in [3.05, 3.63) is 18.5 Å². The number of ether oxygens (including phenoxy) is 2. The van der Waals surface area contributed by atoms with Crippen molar-refractivity contribution in [1.29, 1.82) is 0 Å². The lowest BCUT2D eigenvalue weighted by Gasteiger charge is -2.25. The Kier molecular flexibility index (Phi) is 2.93. The summed E-state index contributed by atoms with van der Waals surface area (Å²) in [6.07, 6.45) is 3.91. The Morgan fingerprint density at radius 2 is 2.47 bits per heavy atom. The standard InChI is InChI=1S/C10H17N3O2/c1-10(2,15-7-9-6-14-9)8-12-13-5-3-4-11-13/h3-5,9,12H,6-8H2,1-2H3/t9-/m0/s1. The fraction of sp³-hybridized carbons (Fsp3) is 0.700. The van der Waals surface area contributed by atoms with Crippen molar-refractivity contribution in [3.63, 3.8) is 0 Å². The van der Waals surface area contributed by atoms with Gasteiger partial charge in [0.05, 0.1) is 31.6 Å². The van der Waals surface area contributed by atoms with E-state index in [1.807, 2.05) is 26.1 Å². The number of nitrogens with zero attached hydrogens (tertiary/aromatic N) is 2. The summed E-state index contributed by atoms with van der Waals surface area (Å²) < 4.78 is 10.8. The van der Waals surface area contributed by atoms with Crippen molar-refractivity contribution in [3.8, 4) is 0 Å². The van der Waals surface area contributed by atoms with Gasteiger partial charge in [-0.3, -0.25) is 0 Å². The molecule has 0 radical (unpaired) electrons. The summed E-state index contributed by atoms with van der Waals surface area (Å²) in [5.41, 5.74) is 2.94. The second-order valence-electron chi connectivity index (χ2n) is 4.31. The van der Waals surface area contributed by atoms with E-state index in [4.69, 9.17) is 9.47 Å². The highest BCUT2D eigenvalue weighted by Gasteiger charge is 2.27. The van der Waals surface area contributed by atoms with Crippen molar-refractivity contribution < 1.29 is 9.47 Å². The van der Waals surface area contributed by atoms with Gasteiger partial charge in [0.2, 0.25) is 0 Å². The van der Waals surface area contributed by atoms with Crippen LogP contribution in [0.25, 0.3) is 0 Å². The van der Waals surface area contributed by atoms with E-state index in [0.29, 0.717) is 19.3 Å². The minimum atomic E-state index is -0.210. The molecule has 0 spiro atoms. The summed E-state index contributed by atoms with van der Waals surface area (Å²) in [4.78, 5) is 1.68. The Balaban J connectivity index is 1.71. The number of aromatic nitrogens is 2. The molecule has 1 saturated heterocycles. The summed E-state index contributed by atoms with van der Waals surface area (Å²) in [6, 6.07) is 1.87. The molecule has 15 heavy (non-hydrogen) atoms. The Bertz CT molecular complexity index is 294. The lowest BCUT2D eigenvalue weighted by molar-refractivity contribution is -0.0164. The molecule has 84 valence electrons. The van der Waals surface area contributed by atoms with Crippen LogP contribution in [0.15, 0.2) is 18.5 Å². The molecular formula is C10H17N3O2. The fourth-order valence-electron chi connectivity index (χ4n) is 1.17. The van der Waals surface area contributed by atoms with Crippen LogP contribution >= 0.6 is 0 Å². The molecule has 5 nitrogen and oxygen atoms in total. The first-order chi connectivity index (χ1) is 7.16. The molecule has 0 aliphatic carbocycles. The van der Waals surface area contributed by atoms with E-state index in [2.05, 4.69) is 10.5 Å². The summed E-state index contributed by atoms with van der Waals surface area (Å²) in [5.74, 6) is 0. The van der Waals surface area contributed by atoms with Gasteiger partial charge in [0, 0.05) is 6.20 Å². The van der Waals surface area contributed by atoms with Crippen LogP contribution < -0.4 is 5.43 Å². The first kappa shape index (κ1) is 10.4. The van der Waals surface area contributed by atoms with Crippen molar-refractivity contribution in [1.82, 2.24) is 9.89 Å². The van der Waals surface area contributed by atoms with E-state index in [1.165, 1.54) is 0 Å². The van der Waals surface area contributed by atoms with E-state index < -0.39 is 0 Å². The van der Waals surface area contributed by atoms with Gasteiger partial charge in [-0.1, -0.05) is 0 Å². The average molecular weight is 211 g/mol. The molecule has 2 heterocycles. The highest BCUT2D eigenvalue weighted by atomic mass is 16.6. The van der Waals surface area contributed by atoms with Gasteiger partial charge in [-0.15, -0.1) is 0 Å². The zero-order valence-corrected chi connectivity index (χ0v) is 9.14. The van der Waals surface area contributed by atoms with Gasteiger partial charge in [-0.2, -0.15) is 9.89 Å². The van der Waals surface area contributed by atoms with Gasteiger partial charge in [0.1, 0.15) is 6.10 Å². The zero-order chi connectivity index (χ0) is 10.7. The van der Waals surface area contributed by atoms with Gasteiger partial charge < -0.3 is 14.9 Å². The van der Waals surface area contributed by atoms with Crippen molar-refractivity contribution in [2.75, 3.05) is 25.2 Å². The first-order valence-electron chi connectivity index (χ1n) is 5.15. The molecule has 1 aliphatic rings. The molecule has 1 fully saturated rings. The van der Waals surface area contributed by atoms with E-state index in [1.54, 1.807) is 11.0 Å². The molecule has 1 aliphatic heterocycles. The quantitative estimate of drug-likeness (QED) is 0.701. The monoisotopic (exact) mass is 211 g/mol. The van der Waals surface area contributed by atoms with Crippen molar-refractivity contribution in [2.24, 2.45) is 0 Å². The minimum absolute atomic E-state index is 0.210. The zero-order valence-electron chi connectivity index (χ0n) is 9.14. The predicted molar refractivity (Wildman–Crippen MR) is 56.2 cm³/mol. The Morgan fingerprint density at radius 3 is 3.07 bits per heavy atom. The molecule has 1 N–H and O–H groups in total. The van der Waals surface area contributed by atoms with Gasteiger partial charge in [-0.25, -0.2) is 0 Å². The molecule has 1 aromatic rings. The third-order valence-corrected chi connectivity index (χ3v) is 2.23. The van der Waals surface area contributed by atoms with Gasteiger partial charge in [0.15, 0.2) is 0 Å². The summed E-state index contributed by atoms with van der Waals surface area (Å²) in [5, 5.41) is 4.05. The molecule has 1 atom stereocenters. The van der Waals surface area contributed by atoms with Crippen LogP contribution in [0.3, 0.4) is 0 Å². The maximum Gasteiger partial charge on any atom is 0.104 e. The number of epoxide rings is 1. The van der Waals surface area contributed by atoms with Crippen LogP contribution in [0.4, 0.5) is 0 Å². The molecule has 0 amide bonds. The van der Waals surface area contributed by atoms with E-state index in [0.717, 1.165) is 6.61 Å². The van der Waals surface area contributed by atoms with Gasteiger partial charge in [0.25, 0.3) is 0 Å². The summed E-state index contributed by atoms with van der Waals surface area (Å²) in [6.45, 7) is 6.32. The lowest BCUT2D eigenvalue weighted by atomic mass is 10.1. The van der Waals surface area contributed by atoms with Crippen LogP contribution in [0.5, 0.6) is 0 Å². The fourth-order valence-corrected chi connectivity index (χ4v) is 1.17. The van der Waals surface area contributed by atoms with Crippen LogP contribution in [-0.4, -0.2) is 41.4 Å². The first-order valence-corrected chi connectivity index (χ1v) is 5.15. The molecule has 1 aromatic heterocycles. The van der Waals surface area contributed by atoms with E-state index >= 15 is 0 Å². The summed E-state index contributed by atoms with van der Waals surface area (Å²) in [7, 11) is 0. The lowest BCUT2D eigenvalue weighted by Crippen LogP contribution is -2.37. The molecule has 5 heteroatoms. The smallest absolute Gasteiger partial charge is 0.104 e. The van der Waals surface area contributed by atoms with E-state index in [-0.39, 0.29) is 5.60 Å². The highest BCUT2D eigenvalue weighted by molar-refractivity contribution is 4.86. The topological polar surface area (TPSA) is 51.6 Å². The second kappa shape index (κ2) is 4.20. The average Bonchev–Trinajstić information content (AvgIpc) is 2.88. The predicted octanol–water partition coefficient (Wildman–Crippen LogP) is 0.621. The SMILES string of the molecule is CC(C)(CNn1cccn1)OC[C@@H]1CO1. The Morgan fingerprint density at radius 1 is 1.67 bits per heavy atom. The maximum absolute atomic E-state index is 5.72. The van der Waals surface area contributed by atoms with Crippen LogP contribution in [0.1, 0.15) is 13.8 Å². The van der Waals surface area contributed by atoms with Crippen molar-refractivity contribution >= 4 is 0 Å². The third kappa shape index (κ3) is 3.53. The molecule has 2 rings (SSSR count). The van der Waals surface area contributed by atoms with Crippen LogP contribution in [0, 0.1) is 0 Å². The normalized spacial score (nSPS) is 20.3. The van der Waals surface area contributed by atoms with Gasteiger partial charge >= 0.3 is 0 Å². The van der Waals surface area contributed by atoms with E-state index in [9.17, 15) is 0 Å². The van der Waals surface area contributed by atoms with Crippen LogP contribution in [0.2, 0.25) is 0 Å². The number of hydrogen-bond acceptors (Lipinski definition) is 4. The van der Waals surface area contributed by atoms with Gasteiger partial charge in [-0.05, 0) is 19.9 Å². The molecule has 0 saturated carbocycles. The van der Waals surface area contributed by atoms with Crippen molar-refractivity contribution in [2.45, 2.75) is 25.6 Å². The molecule has 0 bridgehead atoms. The van der Waals surface area contributed by atoms with Crippen LogP contribution in [-0.2, 0) is 9.47 Å². The largest absolute Gasteiger partial charge is 0.371 e. The Hall–Kier alpha value is -1.07. The molecule has 0 unspecified atom stereocenters. The third-order valence-electron chi connectivity index (χ3n) is 2.23. The maximum atomic E-state index is 5.72. The second-order valence-corrected chi connectivity index (χ2v) is 4.31. The summed E-state index contributed by atoms with van der Waals surface area (Å²) >= 11 is 0. The highest BCUT2D eigenvalue weighted by Crippen LogP contribution is 2.14.